The topological polar surface area (TPSA) is 26.0 Å². The van der Waals surface area contributed by atoms with Crippen LogP contribution in [-0.4, -0.2) is 13.0 Å². The molecule has 0 aromatic heterocycles. The molecule has 0 bridgehead atoms. The number of nitrogens with two attached hydrogens (primary N) is 1. The van der Waals surface area contributed by atoms with Gasteiger partial charge in [0, 0.05) is 5.92 Å². The van der Waals surface area contributed by atoms with Crippen molar-refractivity contribution < 1.29 is 8.78 Å². The molecule has 1 fully saturated rings. The highest BCUT2D eigenvalue weighted by Gasteiger charge is 2.42. The molecule has 2 unspecified atom stereocenters. The average Bonchev–Trinajstić information content (AvgIpc) is 2.42. The van der Waals surface area contributed by atoms with E-state index in [0.29, 0.717) is 13.0 Å². The molecule has 0 saturated heterocycles. The predicted octanol–water partition coefficient (Wildman–Crippen LogP) is 0.846. The fourth-order valence-corrected chi connectivity index (χ4v) is 0.851. The highest BCUT2D eigenvalue weighted by atomic mass is 19.3. The summed E-state index contributed by atoms with van der Waals surface area (Å²) in [6.45, 7) is 0.426. The van der Waals surface area contributed by atoms with Gasteiger partial charge < -0.3 is 5.73 Å². The van der Waals surface area contributed by atoms with Gasteiger partial charge in [-0.05, 0) is 18.9 Å². The van der Waals surface area contributed by atoms with Crippen molar-refractivity contribution >= 4 is 0 Å². The summed E-state index contributed by atoms with van der Waals surface area (Å²) in [4.78, 5) is 0. The fraction of sp³-hybridized carbons (Fsp3) is 1.00. The Bertz CT molecular complexity index is 84.5. The third-order valence-electron chi connectivity index (χ3n) is 1.60. The SMILES string of the molecule is NCC1CC1C(F)F. The van der Waals surface area contributed by atoms with E-state index in [2.05, 4.69) is 0 Å². The summed E-state index contributed by atoms with van der Waals surface area (Å²) in [7, 11) is 0. The molecule has 3 heteroatoms. The number of hydrogen-bond donors (Lipinski definition) is 1. The highest BCUT2D eigenvalue weighted by Crippen LogP contribution is 2.41. The van der Waals surface area contributed by atoms with Crippen LogP contribution in [0.3, 0.4) is 0 Å². The van der Waals surface area contributed by atoms with Gasteiger partial charge in [-0.25, -0.2) is 8.78 Å². The fourth-order valence-electron chi connectivity index (χ4n) is 0.851. The van der Waals surface area contributed by atoms with Gasteiger partial charge in [0.05, 0.1) is 0 Å². The maximum atomic E-state index is 11.6. The second-order valence-corrected chi connectivity index (χ2v) is 2.23. The summed E-state index contributed by atoms with van der Waals surface area (Å²) in [6.07, 6.45) is -1.50. The van der Waals surface area contributed by atoms with E-state index < -0.39 is 6.43 Å². The van der Waals surface area contributed by atoms with Crippen LogP contribution in [0.2, 0.25) is 0 Å². The normalized spacial score (nSPS) is 36.0. The van der Waals surface area contributed by atoms with Gasteiger partial charge in [0.2, 0.25) is 6.43 Å². The van der Waals surface area contributed by atoms with Gasteiger partial charge in [-0.1, -0.05) is 0 Å². The van der Waals surface area contributed by atoms with Crippen LogP contribution in [-0.2, 0) is 0 Å². The quantitative estimate of drug-likeness (QED) is 0.575. The van der Waals surface area contributed by atoms with Gasteiger partial charge in [0.25, 0.3) is 0 Å². The van der Waals surface area contributed by atoms with E-state index in [0.717, 1.165) is 0 Å². The van der Waals surface area contributed by atoms with Gasteiger partial charge in [-0.2, -0.15) is 0 Å². The monoisotopic (exact) mass is 121 g/mol. The van der Waals surface area contributed by atoms with E-state index in [9.17, 15) is 8.78 Å². The van der Waals surface area contributed by atoms with Crippen molar-refractivity contribution in [1.82, 2.24) is 0 Å². The molecule has 0 aromatic rings. The van der Waals surface area contributed by atoms with Gasteiger partial charge in [-0.3, -0.25) is 0 Å². The van der Waals surface area contributed by atoms with Crippen molar-refractivity contribution in [2.24, 2.45) is 17.6 Å². The zero-order chi connectivity index (χ0) is 6.15. The minimum absolute atomic E-state index is 0.120. The molecular formula is C5H9F2N. The minimum Gasteiger partial charge on any atom is -0.330 e. The van der Waals surface area contributed by atoms with Gasteiger partial charge in [0.1, 0.15) is 0 Å². The molecule has 1 saturated carbocycles. The maximum absolute atomic E-state index is 11.6. The van der Waals surface area contributed by atoms with Crippen molar-refractivity contribution in [3.05, 3.63) is 0 Å². The molecule has 0 amide bonds. The summed E-state index contributed by atoms with van der Waals surface area (Å²) in [5.41, 5.74) is 5.13. The largest absolute Gasteiger partial charge is 0.330 e. The smallest absolute Gasteiger partial charge is 0.241 e. The molecule has 2 atom stereocenters. The molecule has 0 aliphatic heterocycles. The van der Waals surface area contributed by atoms with E-state index in [1.807, 2.05) is 0 Å². The van der Waals surface area contributed by atoms with Crippen LogP contribution in [0, 0.1) is 11.8 Å². The summed E-state index contributed by atoms with van der Waals surface area (Å²) in [5.74, 6) is -0.255. The molecule has 0 spiro atoms. The number of hydrogen-bond acceptors (Lipinski definition) is 1. The molecule has 0 radical (unpaired) electrons. The Morgan fingerprint density at radius 3 is 2.38 bits per heavy atom. The zero-order valence-corrected chi connectivity index (χ0v) is 4.48. The molecule has 1 aliphatic carbocycles. The van der Waals surface area contributed by atoms with Crippen molar-refractivity contribution in [2.45, 2.75) is 12.8 Å². The Morgan fingerprint density at radius 2 is 2.25 bits per heavy atom. The molecular weight excluding hydrogens is 112 g/mol. The Labute approximate surface area is 46.9 Å². The minimum atomic E-state index is -2.14. The summed E-state index contributed by atoms with van der Waals surface area (Å²) < 4.78 is 23.2. The van der Waals surface area contributed by atoms with Gasteiger partial charge in [-0.15, -0.1) is 0 Å². The van der Waals surface area contributed by atoms with Gasteiger partial charge >= 0.3 is 0 Å². The Hall–Kier alpha value is -0.180. The lowest BCUT2D eigenvalue weighted by atomic mass is 10.3. The number of rotatable bonds is 2. The summed E-state index contributed by atoms with van der Waals surface area (Å²) >= 11 is 0. The molecule has 1 nitrogen and oxygen atoms in total. The summed E-state index contributed by atoms with van der Waals surface area (Å²) in [6, 6.07) is 0. The van der Waals surface area contributed by atoms with Crippen molar-refractivity contribution in [1.29, 1.82) is 0 Å². The van der Waals surface area contributed by atoms with E-state index in [1.165, 1.54) is 0 Å². The van der Waals surface area contributed by atoms with Crippen molar-refractivity contribution in [2.75, 3.05) is 6.54 Å². The lowest BCUT2D eigenvalue weighted by Crippen LogP contribution is -2.05. The average molecular weight is 121 g/mol. The second kappa shape index (κ2) is 1.97. The Morgan fingerprint density at radius 1 is 1.62 bits per heavy atom. The number of halogens is 2. The standard InChI is InChI=1S/C5H9F2N/c6-5(7)4-1-3(4)2-8/h3-5H,1-2,8H2. The number of alkyl halides is 2. The Balaban J connectivity index is 2.16. The van der Waals surface area contributed by atoms with Crippen LogP contribution in [0.4, 0.5) is 8.78 Å². The van der Waals surface area contributed by atoms with Crippen molar-refractivity contribution in [3.63, 3.8) is 0 Å². The molecule has 0 aromatic carbocycles. The van der Waals surface area contributed by atoms with E-state index in [-0.39, 0.29) is 11.8 Å². The second-order valence-electron chi connectivity index (χ2n) is 2.23. The molecule has 1 rings (SSSR count). The maximum Gasteiger partial charge on any atom is 0.241 e. The lowest BCUT2D eigenvalue weighted by molar-refractivity contribution is 0.116. The Kier molecular flexibility index (Phi) is 1.47. The van der Waals surface area contributed by atoms with E-state index in [1.54, 1.807) is 0 Å². The van der Waals surface area contributed by atoms with Crippen LogP contribution in [0.25, 0.3) is 0 Å². The van der Waals surface area contributed by atoms with Crippen LogP contribution < -0.4 is 5.73 Å². The zero-order valence-electron chi connectivity index (χ0n) is 4.48. The van der Waals surface area contributed by atoms with Crippen LogP contribution in [0.15, 0.2) is 0 Å². The van der Waals surface area contributed by atoms with Crippen LogP contribution >= 0.6 is 0 Å². The van der Waals surface area contributed by atoms with E-state index in [4.69, 9.17) is 5.73 Å². The molecule has 1 aliphatic rings. The van der Waals surface area contributed by atoms with Crippen LogP contribution in [0.5, 0.6) is 0 Å². The van der Waals surface area contributed by atoms with Crippen molar-refractivity contribution in [3.8, 4) is 0 Å². The third kappa shape index (κ3) is 0.968. The van der Waals surface area contributed by atoms with Crippen LogP contribution in [0.1, 0.15) is 6.42 Å². The first kappa shape index (κ1) is 5.95. The molecule has 8 heavy (non-hydrogen) atoms. The first-order valence-electron chi connectivity index (χ1n) is 2.74. The summed E-state index contributed by atoms with van der Waals surface area (Å²) in [5, 5.41) is 0. The van der Waals surface area contributed by atoms with E-state index >= 15 is 0 Å². The molecule has 0 heterocycles. The predicted molar refractivity (Wildman–Crippen MR) is 26.7 cm³/mol. The molecule has 2 N–H and O–H groups in total. The first-order valence-corrected chi connectivity index (χ1v) is 2.74. The van der Waals surface area contributed by atoms with Gasteiger partial charge in [0.15, 0.2) is 0 Å². The lowest BCUT2D eigenvalue weighted by Gasteiger charge is -1.91. The highest BCUT2D eigenvalue weighted by molar-refractivity contribution is 4.88. The third-order valence-corrected chi connectivity index (χ3v) is 1.60. The molecule has 48 valence electrons. The first-order chi connectivity index (χ1) is 3.75.